The van der Waals surface area contributed by atoms with Crippen molar-refractivity contribution in [3.8, 4) is 5.75 Å². The summed E-state index contributed by atoms with van der Waals surface area (Å²) in [6, 6.07) is 23.4. The van der Waals surface area contributed by atoms with Crippen LogP contribution in [-0.2, 0) is 15.3 Å². The summed E-state index contributed by atoms with van der Waals surface area (Å²) >= 11 is 2.76. The van der Waals surface area contributed by atoms with Crippen LogP contribution >= 0.6 is 23.1 Å². The summed E-state index contributed by atoms with van der Waals surface area (Å²) in [5, 5.41) is 20.2. The maximum absolute atomic E-state index is 13.5. The average molecular weight is 572 g/mol. The van der Waals surface area contributed by atoms with Gasteiger partial charge < -0.3 is 9.84 Å². The van der Waals surface area contributed by atoms with Crippen LogP contribution in [-0.4, -0.2) is 33.6 Å². The van der Waals surface area contributed by atoms with Gasteiger partial charge in [0.05, 0.1) is 18.2 Å². The van der Waals surface area contributed by atoms with E-state index in [4.69, 9.17) is 4.74 Å². The molecular formula is C31H29N3O4S2. The Kier molecular flexibility index (Phi) is 8.62. The summed E-state index contributed by atoms with van der Waals surface area (Å²) < 4.78 is 6.59. The molecule has 3 aromatic carbocycles. The van der Waals surface area contributed by atoms with Crippen molar-refractivity contribution in [2.24, 2.45) is 0 Å². The number of aromatic nitrogens is 2. The summed E-state index contributed by atoms with van der Waals surface area (Å²) in [6.45, 7) is 4.69. The van der Waals surface area contributed by atoms with E-state index in [2.05, 4.69) is 41.4 Å². The van der Waals surface area contributed by atoms with E-state index in [-0.39, 0.29) is 11.3 Å². The second-order valence-electron chi connectivity index (χ2n) is 9.43. The van der Waals surface area contributed by atoms with E-state index in [0.717, 1.165) is 18.4 Å². The molecule has 7 nitrogen and oxygen atoms in total. The van der Waals surface area contributed by atoms with E-state index in [1.54, 1.807) is 24.3 Å². The Morgan fingerprint density at radius 3 is 2.55 bits per heavy atom. The Hall–Kier alpha value is -3.95. The highest BCUT2D eigenvalue weighted by atomic mass is 32.2. The van der Waals surface area contributed by atoms with Gasteiger partial charge in [-0.15, -0.1) is 10.2 Å². The van der Waals surface area contributed by atoms with Crippen LogP contribution in [0.25, 0.3) is 5.76 Å². The number of thioether (sulfide) groups is 1. The van der Waals surface area contributed by atoms with Crippen molar-refractivity contribution in [3.05, 3.63) is 107 Å². The number of unbranched alkanes of at least 4 members (excludes halogenated alkanes) is 1. The number of Topliss-reactive ketones (excluding diaryl/α,β-unsaturated/α-hetero) is 1. The predicted molar refractivity (Wildman–Crippen MR) is 159 cm³/mol. The lowest BCUT2D eigenvalue weighted by Gasteiger charge is -2.23. The Morgan fingerprint density at radius 1 is 1.02 bits per heavy atom. The lowest BCUT2D eigenvalue weighted by Crippen LogP contribution is -2.29. The molecular weight excluding hydrogens is 542 g/mol. The van der Waals surface area contributed by atoms with Crippen molar-refractivity contribution in [1.82, 2.24) is 10.2 Å². The van der Waals surface area contributed by atoms with Crippen molar-refractivity contribution in [1.29, 1.82) is 0 Å². The minimum absolute atomic E-state index is 0.00552. The first kappa shape index (κ1) is 27.6. The van der Waals surface area contributed by atoms with Gasteiger partial charge in [0, 0.05) is 11.3 Å². The van der Waals surface area contributed by atoms with Crippen molar-refractivity contribution in [2.75, 3.05) is 11.5 Å². The average Bonchev–Trinajstić information content (AvgIpc) is 3.55. The van der Waals surface area contributed by atoms with Gasteiger partial charge in [0.1, 0.15) is 11.5 Å². The van der Waals surface area contributed by atoms with Crippen molar-refractivity contribution in [3.63, 3.8) is 0 Å². The number of rotatable bonds is 10. The van der Waals surface area contributed by atoms with Crippen molar-refractivity contribution >= 4 is 45.7 Å². The number of hydrogen-bond acceptors (Lipinski definition) is 8. The molecule has 1 aromatic heterocycles. The van der Waals surface area contributed by atoms with Gasteiger partial charge in [-0.25, -0.2) is 0 Å². The van der Waals surface area contributed by atoms with Crippen LogP contribution in [0.2, 0.25) is 0 Å². The van der Waals surface area contributed by atoms with E-state index < -0.39 is 17.7 Å². The zero-order valence-corrected chi connectivity index (χ0v) is 23.9. The number of anilines is 1. The topological polar surface area (TPSA) is 92.6 Å². The number of amides is 1. The van der Waals surface area contributed by atoms with E-state index in [1.165, 1.54) is 33.6 Å². The van der Waals surface area contributed by atoms with Crippen LogP contribution in [0.3, 0.4) is 0 Å². The number of benzene rings is 3. The van der Waals surface area contributed by atoms with Crippen LogP contribution in [0.1, 0.15) is 48.1 Å². The van der Waals surface area contributed by atoms with Gasteiger partial charge >= 0.3 is 5.91 Å². The maximum Gasteiger partial charge on any atom is 0.301 e. The van der Waals surface area contributed by atoms with Crippen LogP contribution in [0.5, 0.6) is 5.75 Å². The SMILES string of the molecule is CCCCOc1cccc(C2/C(=C(\O)c3ccccc3)C(=O)C(=O)N2c2nnc(SCc3ccc(C)cc3)s2)c1. The van der Waals surface area contributed by atoms with E-state index in [9.17, 15) is 14.7 Å². The zero-order chi connectivity index (χ0) is 28.1. The number of ketones is 1. The molecule has 1 fully saturated rings. The molecule has 5 rings (SSSR count). The molecule has 1 unspecified atom stereocenters. The van der Waals surface area contributed by atoms with E-state index >= 15 is 0 Å². The molecule has 0 spiro atoms. The molecule has 9 heteroatoms. The molecule has 0 bridgehead atoms. The first-order valence-electron chi connectivity index (χ1n) is 13.1. The standard InChI is InChI=1S/C31H29N3O4S2/c1-3-4-17-38-24-12-8-11-23(18-24)26-25(27(35)22-9-6-5-7-10-22)28(36)29(37)34(26)30-32-33-31(40-30)39-19-21-15-13-20(2)14-16-21/h5-16,18,26,35H,3-4,17,19H2,1-2H3/b27-25+. The molecule has 0 aliphatic carbocycles. The first-order valence-corrected chi connectivity index (χ1v) is 14.9. The zero-order valence-electron chi connectivity index (χ0n) is 22.2. The molecule has 1 aliphatic heterocycles. The highest BCUT2D eigenvalue weighted by Crippen LogP contribution is 2.44. The maximum atomic E-state index is 13.5. The number of nitrogens with zero attached hydrogens (tertiary/aromatic N) is 3. The lowest BCUT2D eigenvalue weighted by molar-refractivity contribution is -0.132. The molecule has 0 saturated carbocycles. The van der Waals surface area contributed by atoms with Crippen LogP contribution in [0.4, 0.5) is 5.13 Å². The fraction of sp³-hybridized carbons (Fsp3) is 0.226. The van der Waals surface area contributed by atoms with Gasteiger partial charge in [0.15, 0.2) is 4.34 Å². The number of aliphatic hydroxyl groups excluding tert-OH is 1. The number of aliphatic hydroxyl groups is 1. The Balaban J connectivity index is 1.52. The fourth-order valence-electron chi connectivity index (χ4n) is 4.39. The Morgan fingerprint density at radius 2 is 1.80 bits per heavy atom. The van der Waals surface area contributed by atoms with Crippen LogP contribution in [0, 0.1) is 6.92 Å². The smallest absolute Gasteiger partial charge is 0.301 e. The highest BCUT2D eigenvalue weighted by molar-refractivity contribution is 8.00. The molecule has 1 atom stereocenters. The van der Waals surface area contributed by atoms with Gasteiger partial charge in [-0.05, 0) is 36.6 Å². The Labute approximate surface area is 241 Å². The van der Waals surface area contributed by atoms with Crippen LogP contribution < -0.4 is 9.64 Å². The van der Waals surface area contributed by atoms with Gasteiger partial charge in [0.2, 0.25) is 5.13 Å². The van der Waals surface area contributed by atoms with Gasteiger partial charge in [-0.1, -0.05) is 109 Å². The Bertz CT molecular complexity index is 1530. The summed E-state index contributed by atoms with van der Waals surface area (Å²) in [6.07, 6.45) is 1.91. The number of hydrogen-bond donors (Lipinski definition) is 1. The monoisotopic (exact) mass is 571 g/mol. The second kappa shape index (κ2) is 12.5. The minimum Gasteiger partial charge on any atom is -0.507 e. The lowest BCUT2D eigenvalue weighted by atomic mass is 9.95. The fourth-order valence-corrected chi connectivity index (χ4v) is 6.22. The molecule has 4 aromatic rings. The summed E-state index contributed by atoms with van der Waals surface area (Å²) in [4.78, 5) is 28.3. The third-order valence-corrected chi connectivity index (χ3v) is 8.64. The summed E-state index contributed by atoms with van der Waals surface area (Å²) in [7, 11) is 0. The van der Waals surface area contributed by atoms with E-state index in [1.807, 2.05) is 37.3 Å². The highest BCUT2D eigenvalue weighted by Gasteiger charge is 2.48. The second-order valence-corrected chi connectivity index (χ2v) is 11.6. The molecule has 2 heterocycles. The molecule has 1 amide bonds. The molecule has 1 saturated heterocycles. The summed E-state index contributed by atoms with van der Waals surface area (Å²) in [5.41, 5.74) is 3.43. The molecule has 1 N–H and O–H groups in total. The number of carbonyl (C=O) groups is 2. The van der Waals surface area contributed by atoms with Gasteiger partial charge in [-0.3, -0.25) is 14.5 Å². The predicted octanol–water partition coefficient (Wildman–Crippen LogP) is 6.94. The number of ether oxygens (including phenoxy) is 1. The molecule has 1 aliphatic rings. The number of aryl methyl sites for hydroxylation is 1. The molecule has 204 valence electrons. The van der Waals surface area contributed by atoms with Gasteiger partial charge in [-0.2, -0.15) is 0 Å². The van der Waals surface area contributed by atoms with Crippen molar-refractivity contribution < 1.29 is 19.4 Å². The van der Waals surface area contributed by atoms with E-state index in [0.29, 0.717) is 38.7 Å². The third kappa shape index (κ3) is 5.95. The molecule has 0 radical (unpaired) electrons. The largest absolute Gasteiger partial charge is 0.507 e. The van der Waals surface area contributed by atoms with Crippen LogP contribution in [0.15, 0.2) is 88.8 Å². The normalized spacial score (nSPS) is 16.4. The van der Waals surface area contributed by atoms with Gasteiger partial charge in [0.25, 0.3) is 5.78 Å². The van der Waals surface area contributed by atoms with Crippen molar-refractivity contribution in [2.45, 2.75) is 42.8 Å². The minimum atomic E-state index is -0.891. The third-order valence-electron chi connectivity index (χ3n) is 6.52. The quantitative estimate of drug-likeness (QED) is 0.0550. The first-order chi connectivity index (χ1) is 19.5. The number of carbonyl (C=O) groups excluding carboxylic acids is 2. The summed E-state index contributed by atoms with van der Waals surface area (Å²) in [5.74, 6) is -0.439. The molecule has 40 heavy (non-hydrogen) atoms.